The van der Waals surface area contributed by atoms with Gasteiger partial charge >= 0.3 is 0 Å². The third kappa shape index (κ3) is 3.08. The number of H-pyrrole nitrogens is 1. The molecule has 0 aliphatic carbocycles. The van der Waals surface area contributed by atoms with Gasteiger partial charge in [-0.2, -0.15) is 0 Å². The Labute approximate surface area is 110 Å². The number of aromatic nitrogens is 1. The van der Waals surface area contributed by atoms with Crippen LogP contribution < -0.4 is 16.6 Å². The van der Waals surface area contributed by atoms with Gasteiger partial charge in [0.25, 0.3) is 5.91 Å². The van der Waals surface area contributed by atoms with Gasteiger partial charge in [-0.15, -0.1) is 0 Å². The highest BCUT2D eigenvalue weighted by molar-refractivity contribution is 6.04. The molecule has 0 bridgehead atoms. The summed E-state index contributed by atoms with van der Waals surface area (Å²) in [6.45, 7) is 1.85. The van der Waals surface area contributed by atoms with Crippen LogP contribution in [0.2, 0.25) is 0 Å². The van der Waals surface area contributed by atoms with Gasteiger partial charge in [0, 0.05) is 29.6 Å². The van der Waals surface area contributed by atoms with Gasteiger partial charge in [0.15, 0.2) is 0 Å². The van der Waals surface area contributed by atoms with Gasteiger partial charge in [0.05, 0.1) is 0 Å². The van der Waals surface area contributed by atoms with Crippen molar-refractivity contribution in [2.24, 2.45) is 5.73 Å². The molecule has 5 nitrogen and oxygen atoms in total. The molecule has 1 aromatic heterocycles. The Bertz CT molecular complexity index is 647. The number of nitrogens with one attached hydrogen (secondary N) is 2. The van der Waals surface area contributed by atoms with E-state index in [0.29, 0.717) is 11.3 Å². The van der Waals surface area contributed by atoms with E-state index in [4.69, 9.17) is 5.73 Å². The summed E-state index contributed by atoms with van der Waals surface area (Å²) in [5, 5.41) is 2.76. The molecule has 1 heterocycles. The SMILES string of the molecule is CC(N)c1ccccc1NC(=O)c1cc[nH]c(=O)c1. The summed E-state index contributed by atoms with van der Waals surface area (Å²) in [6, 6.07) is 9.94. The molecular weight excluding hydrogens is 242 g/mol. The van der Waals surface area contributed by atoms with Crippen LogP contribution >= 0.6 is 0 Å². The smallest absolute Gasteiger partial charge is 0.255 e. The zero-order valence-corrected chi connectivity index (χ0v) is 10.5. The van der Waals surface area contributed by atoms with Gasteiger partial charge in [0.2, 0.25) is 5.56 Å². The van der Waals surface area contributed by atoms with Crippen LogP contribution in [-0.2, 0) is 0 Å². The summed E-state index contributed by atoms with van der Waals surface area (Å²) >= 11 is 0. The highest BCUT2D eigenvalue weighted by atomic mass is 16.2. The average Bonchev–Trinajstić information content (AvgIpc) is 2.39. The molecule has 1 atom stereocenters. The van der Waals surface area contributed by atoms with Crippen LogP contribution in [0, 0.1) is 0 Å². The lowest BCUT2D eigenvalue weighted by Crippen LogP contribution is -2.18. The first-order valence-electron chi connectivity index (χ1n) is 5.92. The fraction of sp³-hybridized carbons (Fsp3) is 0.143. The van der Waals surface area contributed by atoms with Crippen molar-refractivity contribution in [2.75, 3.05) is 5.32 Å². The molecule has 1 unspecified atom stereocenters. The van der Waals surface area contributed by atoms with Crippen LogP contribution in [0.15, 0.2) is 47.4 Å². The lowest BCUT2D eigenvalue weighted by Gasteiger charge is -2.13. The van der Waals surface area contributed by atoms with Crippen molar-refractivity contribution >= 4 is 11.6 Å². The zero-order valence-electron chi connectivity index (χ0n) is 10.5. The summed E-state index contributed by atoms with van der Waals surface area (Å²) in [7, 11) is 0. The number of benzene rings is 1. The van der Waals surface area contributed by atoms with Crippen molar-refractivity contribution in [3.05, 3.63) is 64.1 Å². The van der Waals surface area contributed by atoms with Crippen LogP contribution in [0.25, 0.3) is 0 Å². The maximum absolute atomic E-state index is 12.0. The first-order valence-corrected chi connectivity index (χ1v) is 5.92. The highest BCUT2D eigenvalue weighted by Gasteiger charge is 2.11. The highest BCUT2D eigenvalue weighted by Crippen LogP contribution is 2.21. The first-order chi connectivity index (χ1) is 9.08. The Kier molecular flexibility index (Phi) is 3.77. The molecule has 19 heavy (non-hydrogen) atoms. The predicted molar refractivity (Wildman–Crippen MR) is 74.1 cm³/mol. The number of hydrogen-bond acceptors (Lipinski definition) is 3. The minimum atomic E-state index is -0.334. The zero-order chi connectivity index (χ0) is 13.8. The number of anilines is 1. The van der Waals surface area contributed by atoms with E-state index in [1.54, 1.807) is 12.1 Å². The molecule has 0 spiro atoms. The minimum Gasteiger partial charge on any atom is -0.329 e. The quantitative estimate of drug-likeness (QED) is 0.781. The second kappa shape index (κ2) is 5.49. The average molecular weight is 257 g/mol. The lowest BCUT2D eigenvalue weighted by atomic mass is 10.1. The van der Waals surface area contributed by atoms with Crippen LogP contribution in [0.1, 0.15) is 28.9 Å². The van der Waals surface area contributed by atoms with Gasteiger partial charge in [-0.25, -0.2) is 0 Å². The van der Waals surface area contributed by atoms with E-state index < -0.39 is 0 Å². The van der Waals surface area contributed by atoms with Crippen molar-refractivity contribution < 1.29 is 4.79 Å². The molecule has 0 aliphatic heterocycles. The summed E-state index contributed by atoms with van der Waals surface area (Å²) in [4.78, 5) is 25.7. The molecule has 5 heteroatoms. The normalized spacial score (nSPS) is 11.9. The van der Waals surface area contributed by atoms with Gasteiger partial charge in [0.1, 0.15) is 0 Å². The van der Waals surface area contributed by atoms with Crippen LogP contribution in [0.3, 0.4) is 0 Å². The van der Waals surface area contributed by atoms with E-state index in [0.717, 1.165) is 5.56 Å². The molecule has 1 amide bonds. The number of para-hydroxylation sites is 1. The first kappa shape index (κ1) is 13.0. The Balaban J connectivity index is 2.27. The summed E-state index contributed by atoms with van der Waals surface area (Å²) < 4.78 is 0. The molecule has 4 N–H and O–H groups in total. The van der Waals surface area contributed by atoms with E-state index in [9.17, 15) is 9.59 Å². The predicted octanol–water partition coefficient (Wildman–Crippen LogP) is 1.65. The van der Waals surface area contributed by atoms with E-state index in [-0.39, 0.29) is 17.5 Å². The fourth-order valence-corrected chi connectivity index (χ4v) is 1.79. The van der Waals surface area contributed by atoms with E-state index >= 15 is 0 Å². The van der Waals surface area contributed by atoms with E-state index in [1.807, 2.05) is 25.1 Å². The molecule has 0 saturated heterocycles. The molecule has 0 aliphatic rings. The summed E-state index contributed by atoms with van der Waals surface area (Å²) in [6.07, 6.45) is 1.44. The van der Waals surface area contributed by atoms with Gasteiger partial charge < -0.3 is 16.0 Å². The molecule has 0 fully saturated rings. The fourth-order valence-electron chi connectivity index (χ4n) is 1.79. The maximum atomic E-state index is 12.0. The molecule has 98 valence electrons. The van der Waals surface area contributed by atoms with Gasteiger partial charge in [-0.1, -0.05) is 18.2 Å². The lowest BCUT2D eigenvalue weighted by molar-refractivity contribution is 0.102. The number of nitrogens with two attached hydrogens (primary N) is 1. The van der Waals surface area contributed by atoms with Crippen molar-refractivity contribution in [1.82, 2.24) is 4.98 Å². The Morgan fingerprint density at radius 2 is 2.05 bits per heavy atom. The van der Waals surface area contributed by atoms with Gasteiger partial charge in [-0.05, 0) is 24.6 Å². The molecule has 0 saturated carbocycles. The second-order valence-electron chi connectivity index (χ2n) is 4.27. The number of pyridine rings is 1. The van der Waals surface area contributed by atoms with E-state index in [2.05, 4.69) is 10.3 Å². The van der Waals surface area contributed by atoms with Crippen molar-refractivity contribution in [3.8, 4) is 0 Å². The molecule has 1 aromatic carbocycles. The number of carbonyl (C=O) groups is 1. The molecule has 0 radical (unpaired) electrons. The van der Waals surface area contributed by atoms with Crippen LogP contribution in [0.4, 0.5) is 5.69 Å². The number of carbonyl (C=O) groups excluding carboxylic acids is 1. The monoisotopic (exact) mass is 257 g/mol. The van der Waals surface area contributed by atoms with Crippen LogP contribution in [0.5, 0.6) is 0 Å². The molecule has 2 aromatic rings. The maximum Gasteiger partial charge on any atom is 0.255 e. The Morgan fingerprint density at radius 3 is 2.74 bits per heavy atom. The van der Waals surface area contributed by atoms with Crippen molar-refractivity contribution in [2.45, 2.75) is 13.0 Å². The largest absolute Gasteiger partial charge is 0.329 e. The molecular formula is C14H15N3O2. The number of rotatable bonds is 3. The van der Waals surface area contributed by atoms with Crippen molar-refractivity contribution in [1.29, 1.82) is 0 Å². The number of aromatic amines is 1. The topological polar surface area (TPSA) is 88.0 Å². The number of hydrogen-bond donors (Lipinski definition) is 3. The standard InChI is InChI=1S/C14H15N3O2/c1-9(15)11-4-2-3-5-12(11)17-14(19)10-6-7-16-13(18)8-10/h2-9H,15H2,1H3,(H,16,18)(H,17,19). The summed E-state index contributed by atoms with van der Waals surface area (Å²) in [5.41, 5.74) is 7.35. The van der Waals surface area contributed by atoms with Gasteiger partial charge in [-0.3, -0.25) is 9.59 Å². The second-order valence-corrected chi connectivity index (χ2v) is 4.27. The van der Waals surface area contributed by atoms with E-state index in [1.165, 1.54) is 12.3 Å². The Morgan fingerprint density at radius 1 is 1.32 bits per heavy atom. The minimum absolute atomic E-state index is 0.185. The third-order valence-corrected chi connectivity index (χ3v) is 2.74. The molecule has 2 rings (SSSR count). The van der Waals surface area contributed by atoms with Crippen molar-refractivity contribution in [3.63, 3.8) is 0 Å². The van der Waals surface area contributed by atoms with Crippen LogP contribution in [-0.4, -0.2) is 10.9 Å². The Hall–Kier alpha value is -2.40. The summed E-state index contributed by atoms with van der Waals surface area (Å²) in [5.74, 6) is -0.334. The third-order valence-electron chi connectivity index (χ3n) is 2.74. The number of amides is 1.